The Bertz CT molecular complexity index is 9470. The third kappa shape index (κ3) is 17.9. The summed E-state index contributed by atoms with van der Waals surface area (Å²) in [6.45, 7) is 0. The largest absolute Gasteiger partial charge is 0.309 e. The molecule has 0 saturated heterocycles. The van der Waals surface area contributed by atoms with Gasteiger partial charge in [-0.05, 0) is 201 Å². The Morgan fingerprint density at radius 1 is 0.130 bits per heavy atom. The smallest absolute Gasteiger partial charge is 0.226 e. The average Bonchev–Trinajstić information content (AvgIpc) is 1.57. The highest BCUT2D eigenvalue weighted by Gasteiger charge is 2.26. The lowest BCUT2D eigenvalue weighted by Gasteiger charge is -2.12. The van der Waals surface area contributed by atoms with E-state index >= 15 is 0 Å². The number of benzene rings is 19. The number of hydrogen-bond donors (Lipinski definition) is 0. The van der Waals surface area contributed by atoms with Crippen LogP contribution in [0.25, 0.3) is 234 Å². The highest BCUT2D eigenvalue weighted by atomic mass is 35.5. The monoisotopic (exact) mass is 1960 g/mol. The second-order valence-electron chi connectivity index (χ2n) is 34.8. The predicted octanol–water partition coefficient (Wildman–Crippen LogP) is 32.8. The van der Waals surface area contributed by atoms with E-state index in [1.54, 1.807) is 0 Å². The van der Waals surface area contributed by atoms with E-state index in [0.717, 1.165) is 149 Å². The van der Waals surface area contributed by atoms with Crippen molar-refractivity contribution in [3.63, 3.8) is 0 Å². The highest BCUT2D eigenvalue weighted by molar-refractivity contribution is 6.30. The van der Waals surface area contributed by atoms with Crippen molar-refractivity contribution in [2.24, 2.45) is 0 Å². The van der Waals surface area contributed by atoms with Gasteiger partial charge in [-0.3, -0.25) is 0 Å². The lowest BCUT2D eigenvalue weighted by Crippen LogP contribution is -1.98. The zero-order valence-electron chi connectivity index (χ0n) is 77.9. The first-order valence-electron chi connectivity index (χ1n) is 47.6. The van der Waals surface area contributed by atoms with Crippen molar-refractivity contribution in [2.45, 2.75) is 0 Å². The average molecular weight is 1960 g/mol. The second-order valence-corrected chi connectivity index (χ2v) is 36.2. The summed E-state index contributed by atoms with van der Waals surface area (Å²) >= 11 is 25.5. The second kappa shape index (κ2) is 39.9. The minimum Gasteiger partial charge on any atom is -0.309 e. The van der Waals surface area contributed by atoms with Gasteiger partial charge in [-0.25, -0.2) is 19.9 Å². The van der Waals surface area contributed by atoms with Crippen molar-refractivity contribution < 1.29 is 0 Å². The summed E-state index contributed by atoms with van der Waals surface area (Å²) in [5.74, 6) is 4.40. The molecule has 8 heterocycles. The molecule has 692 valence electrons. The summed E-state index contributed by atoms with van der Waals surface area (Å²) in [6, 6.07) is 166. The summed E-state index contributed by atoms with van der Waals surface area (Å²) in [4.78, 5) is 54.7. The predicted molar refractivity (Wildman–Crippen MR) is 597 cm³/mol. The molecule has 0 saturated carbocycles. The molecule has 0 aliphatic carbocycles. The third-order valence-corrected chi connectivity index (χ3v) is 26.6. The summed E-state index contributed by atoms with van der Waals surface area (Å²) in [7, 11) is 0. The van der Waals surface area contributed by atoms with E-state index in [1.165, 1.54) is 38.4 Å². The number of nitrogens with zero attached hydrogens (tertiary/aromatic N) is 16. The molecule has 0 bridgehead atoms. The van der Waals surface area contributed by atoms with Gasteiger partial charge in [-0.1, -0.05) is 364 Å². The molecule has 0 N–H and O–H groups in total. The van der Waals surface area contributed by atoms with Crippen LogP contribution in [0.15, 0.2) is 485 Å². The van der Waals surface area contributed by atoms with E-state index in [4.69, 9.17) is 66.3 Å². The Morgan fingerprint density at radius 3 is 0.795 bits per heavy atom. The van der Waals surface area contributed by atoms with E-state index in [0.29, 0.717) is 46.6 Å². The molecule has 0 aliphatic heterocycles. The molecule has 0 unspecified atom stereocenters. The van der Waals surface area contributed by atoms with Crippen LogP contribution in [0.5, 0.6) is 0 Å². The standard InChI is InChI=1S/3C33H21ClN4.C27H17ClN4/c34-33-36-31(23-14-6-2-7-15-23)35-32(37-33)24-20-27(22-12-4-1-5-13-22)30-26-18-10-11-19-28(26)38(29(30)21-24)25-16-8-3-9-17-25;34-33-36-31(23-12-6-2-7-13-23)35-32(37-33)25-17-19-30-28(21-25)27-20-24(22-10-4-1-5-11-22)16-18-29(27)38(30)26-14-8-3-9-15-26;34-33-36-31(23-12-6-2-7-13-23)35-32(37-33)25-17-19-28-27-18-16-24(22-10-4-1-5-11-22)20-29(27)38(30(28)21-25)26-14-8-3-9-15-26;28-27-30-25(18-10-3-1-4-11-18)29-26(31-27)21-15-9-17-23-24(21)20-14-7-8-16-22(20)32(23)19-12-5-2-6-13-19/h3*1-21H;1-17H. The summed E-state index contributed by atoms with van der Waals surface area (Å²) in [5, 5.41) is 9.93. The Kier molecular flexibility index (Phi) is 24.7. The lowest BCUT2D eigenvalue weighted by molar-refractivity contribution is 1.07. The molecular formula is C126H80Cl4N16. The molecule has 27 rings (SSSR count). The minimum atomic E-state index is 0.166. The molecule has 0 fully saturated rings. The van der Waals surface area contributed by atoms with Crippen LogP contribution in [-0.4, -0.2) is 78.1 Å². The Balaban J connectivity index is 0.000000105. The maximum Gasteiger partial charge on any atom is 0.226 e. The molecule has 20 heteroatoms. The molecule has 0 radical (unpaired) electrons. The normalized spacial score (nSPS) is 11.3. The van der Waals surface area contributed by atoms with Gasteiger partial charge >= 0.3 is 0 Å². The van der Waals surface area contributed by atoms with E-state index in [9.17, 15) is 0 Å². The van der Waals surface area contributed by atoms with Crippen LogP contribution in [0.4, 0.5) is 0 Å². The minimum absolute atomic E-state index is 0.166. The molecule has 8 aromatic heterocycles. The molecule has 146 heavy (non-hydrogen) atoms. The molecule has 16 nitrogen and oxygen atoms in total. The number of fused-ring (bicyclic) bond motifs is 12. The van der Waals surface area contributed by atoms with Crippen molar-refractivity contribution in [3.8, 4) is 147 Å². The van der Waals surface area contributed by atoms with Crippen molar-refractivity contribution in [1.29, 1.82) is 0 Å². The molecular weight excluding hydrogens is 1880 g/mol. The first-order chi connectivity index (χ1) is 72.0. The van der Waals surface area contributed by atoms with Crippen LogP contribution in [0.3, 0.4) is 0 Å². The maximum absolute atomic E-state index is 6.45. The number of aromatic nitrogens is 16. The highest BCUT2D eigenvalue weighted by Crippen LogP contribution is 2.46. The number of halogens is 4. The maximum atomic E-state index is 6.45. The molecule has 27 aromatic rings. The number of para-hydroxylation sites is 6. The fourth-order valence-electron chi connectivity index (χ4n) is 19.4. The zero-order valence-corrected chi connectivity index (χ0v) is 80.9. The van der Waals surface area contributed by atoms with Crippen LogP contribution >= 0.6 is 46.4 Å². The van der Waals surface area contributed by atoms with Gasteiger partial charge in [0.15, 0.2) is 46.6 Å². The van der Waals surface area contributed by atoms with Gasteiger partial charge < -0.3 is 18.3 Å². The molecule has 19 aromatic carbocycles. The van der Waals surface area contributed by atoms with Crippen LogP contribution in [0.1, 0.15) is 0 Å². The van der Waals surface area contributed by atoms with Crippen molar-refractivity contribution in [3.05, 3.63) is 506 Å². The molecule has 0 spiro atoms. The van der Waals surface area contributed by atoms with Crippen molar-refractivity contribution >= 4 is 134 Å². The number of rotatable bonds is 15. The van der Waals surface area contributed by atoms with Crippen LogP contribution in [0.2, 0.25) is 21.1 Å². The van der Waals surface area contributed by atoms with Crippen molar-refractivity contribution in [2.75, 3.05) is 0 Å². The van der Waals surface area contributed by atoms with Gasteiger partial charge in [0.1, 0.15) is 0 Å². The van der Waals surface area contributed by atoms with Crippen molar-refractivity contribution in [1.82, 2.24) is 78.1 Å². The quantitative estimate of drug-likeness (QED) is 0.0951. The zero-order chi connectivity index (χ0) is 97.9. The number of hydrogen-bond acceptors (Lipinski definition) is 12. The Hall–Kier alpha value is -18.4. The SMILES string of the molecule is Clc1nc(-c2ccccc2)nc(-c2cc(-c3ccccc3)c3c4ccccc4n(-c4ccccc4)c3c2)n1.Clc1nc(-c2ccccc2)nc(-c2ccc3c(c2)c2cc(-c4ccccc4)ccc2n3-c2ccccc2)n1.Clc1nc(-c2ccccc2)nc(-c2ccc3c4ccc(-c5ccccc5)cc4n(-c4ccccc4)c3c2)n1.Clc1nc(-c2ccccc2)nc(-c2cccc3c2c2ccccc2n3-c2ccccc2)n1. The van der Waals surface area contributed by atoms with Gasteiger partial charge in [0, 0.05) is 110 Å². The Morgan fingerprint density at radius 2 is 0.384 bits per heavy atom. The van der Waals surface area contributed by atoms with Gasteiger partial charge in [0.25, 0.3) is 0 Å². The van der Waals surface area contributed by atoms with Crippen LogP contribution in [0, 0.1) is 0 Å². The van der Waals surface area contributed by atoms with Gasteiger partial charge in [-0.2, -0.15) is 39.9 Å². The summed E-state index contributed by atoms with van der Waals surface area (Å²) in [6.07, 6.45) is 0. The molecule has 0 amide bonds. The molecule has 0 aliphatic rings. The third-order valence-electron chi connectivity index (χ3n) is 25.9. The van der Waals surface area contributed by atoms with E-state index in [2.05, 4.69) is 368 Å². The van der Waals surface area contributed by atoms with Crippen LogP contribution in [-0.2, 0) is 0 Å². The van der Waals surface area contributed by atoms with Gasteiger partial charge in [0.2, 0.25) is 21.1 Å². The van der Waals surface area contributed by atoms with E-state index in [1.807, 2.05) is 176 Å². The van der Waals surface area contributed by atoms with Gasteiger partial charge in [0.05, 0.1) is 44.1 Å². The fraction of sp³-hybridized carbons (Fsp3) is 0. The Labute approximate surface area is 858 Å². The lowest BCUT2D eigenvalue weighted by atomic mass is 9.96. The van der Waals surface area contributed by atoms with E-state index < -0.39 is 0 Å². The topological polar surface area (TPSA) is 174 Å². The van der Waals surface area contributed by atoms with Crippen LogP contribution < -0.4 is 0 Å². The van der Waals surface area contributed by atoms with E-state index in [-0.39, 0.29) is 21.1 Å². The molecule has 0 atom stereocenters. The van der Waals surface area contributed by atoms with Gasteiger partial charge in [-0.15, -0.1) is 0 Å². The first-order valence-corrected chi connectivity index (χ1v) is 49.1. The summed E-state index contributed by atoms with van der Waals surface area (Å²) in [5.41, 5.74) is 27.4. The fourth-order valence-corrected chi connectivity index (χ4v) is 20.1. The first kappa shape index (κ1) is 90.2. The summed E-state index contributed by atoms with van der Waals surface area (Å²) < 4.78 is 9.19.